The summed E-state index contributed by atoms with van der Waals surface area (Å²) in [6.07, 6.45) is -0.643. The summed E-state index contributed by atoms with van der Waals surface area (Å²) in [6, 6.07) is 9.54. The van der Waals surface area contributed by atoms with Gasteiger partial charge in [-0.1, -0.05) is 0 Å². The molecule has 0 spiro atoms. The fourth-order valence-corrected chi connectivity index (χ4v) is 2.73. The second kappa shape index (κ2) is 9.08. The maximum absolute atomic E-state index is 13.8. The zero-order chi connectivity index (χ0) is 21.7. The third-order valence-corrected chi connectivity index (χ3v) is 4.10. The highest BCUT2D eigenvalue weighted by molar-refractivity contribution is 5.91. The first-order valence-electron chi connectivity index (χ1n) is 8.92. The Kier molecular flexibility index (Phi) is 6.31. The van der Waals surface area contributed by atoms with Gasteiger partial charge < -0.3 is 18.6 Å². The van der Waals surface area contributed by atoms with E-state index in [9.17, 15) is 18.8 Å². The van der Waals surface area contributed by atoms with Crippen molar-refractivity contribution in [3.05, 3.63) is 69.8 Å². The highest BCUT2D eigenvalue weighted by Crippen LogP contribution is 2.23. The minimum absolute atomic E-state index is 0.00138. The number of halogens is 1. The Hall–Kier alpha value is -3.88. The van der Waals surface area contributed by atoms with Crippen LogP contribution in [0.4, 0.5) is 14.9 Å². The molecule has 1 amide bonds. The van der Waals surface area contributed by atoms with E-state index < -0.39 is 23.5 Å². The summed E-state index contributed by atoms with van der Waals surface area (Å²) in [5, 5.41) is 3.02. The number of benzene rings is 2. The van der Waals surface area contributed by atoms with Crippen LogP contribution < -0.4 is 15.7 Å². The van der Waals surface area contributed by atoms with Crippen LogP contribution in [-0.4, -0.2) is 25.8 Å². The maximum Gasteiger partial charge on any atom is 0.411 e. The van der Waals surface area contributed by atoms with Crippen molar-refractivity contribution >= 4 is 28.7 Å². The van der Waals surface area contributed by atoms with Crippen LogP contribution in [0, 0.1) is 5.82 Å². The lowest BCUT2D eigenvalue weighted by Gasteiger charge is -2.10. The highest BCUT2D eigenvalue weighted by Gasteiger charge is 2.14. The van der Waals surface area contributed by atoms with E-state index in [1.54, 1.807) is 19.1 Å². The molecular weight excluding hydrogens is 397 g/mol. The number of carbonyl (C=O) groups is 2. The van der Waals surface area contributed by atoms with Crippen LogP contribution in [-0.2, 0) is 16.1 Å². The third kappa shape index (κ3) is 4.75. The molecule has 30 heavy (non-hydrogen) atoms. The molecule has 0 aliphatic carbocycles. The molecular formula is C21H18FNO7. The number of ether oxygens (including phenoxy) is 3. The van der Waals surface area contributed by atoms with Gasteiger partial charge in [-0.15, -0.1) is 0 Å². The monoisotopic (exact) mass is 415 g/mol. The Morgan fingerprint density at radius 3 is 2.60 bits per heavy atom. The lowest BCUT2D eigenvalue weighted by molar-refractivity contribution is 0.0473. The van der Waals surface area contributed by atoms with Crippen molar-refractivity contribution in [2.75, 3.05) is 19.0 Å². The molecule has 156 valence electrons. The number of rotatable bonds is 6. The number of anilines is 1. The van der Waals surface area contributed by atoms with Crippen LogP contribution in [0.15, 0.2) is 51.7 Å². The van der Waals surface area contributed by atoms with Gasteiger partial charge in [0.25, 0.3) is 0 Å². The summed E-state index contributed by atoms with van der Waals surface area (Å²) in [5.74, 6) is -1.46. The van der Waals surface area contributed by atoms with Gasteiger partial charge in [0.1, 0.15) is 12.2 Å². The van der Waals surface area contributed by atoms with Gasteiger partial charge >= 0.3 is 17.7 Å². The molecule has 0 saturated carbocycles. The average molecular weight is 415 g/mol. The van der Waals surface area contributed by atoms with Crippen LogP contribution in [0.25, 0.3) is 11.0 Å². The van der Waals surface area contributed by atoms with Gasteiger partial charge in [-0.25, -0.2) is 18.8 Å². The summed E-state index contributed by atoms with van der Waals surface area (Å²) in [6.45, 7) is 1.65. The Balaban J connectivity index is 1.80. The number of nitrogens with one attached hydrogen (secondary N) is 1. The Bertz CT molecular complexity index is 1160. The van der Waals surface area contributed by atoms with E-state index in [-0.39, 0.29) is 30.1 Å². The van der Waals surface area contributed by atoms with Gasteiger partial charge in [0.2, 0.25) is 0 Å². The smallest absolute Gasteiger partial charge is 0.411 e. The topological polar surface area (TPSA) is 104 Å². The van der Waals surface area contributed by atoms with Crippen LogP contribution in [0.1, 0.15) is 22.8 Å². The van der Waals surface area contributed by atoms with E-state index in [2.05, 4.69) is 5.32 Å². The molecule has 1 aromatic heterocycles. The van der Waals surface area contributed by atoms with Gasteiger partial charge in [0, 0.05) is 28.8 Å². The number of amides is 1. The number of carbonyl (C=O) groups excluding carboxylic acids is 2. The third-order valence-electron chi connectivity index (χ3n) is 4.10. The molecule has 0 bridgehead atoms. The molecule has 9 heteroatoms. The second-order valence-corrected chi connectivity index (χ2v) is 6.07. The zero-order valence-corrected chi connectivity index (χ0v) is 16.2. The summed E-state index contributed by atoms with van der Waals surface area (Å²) in [4.78, 5) is 35.7. The maximum atomic E-state index is 13.8. The lowest BCUT2D eigenvalue weighted by Crippen LogP contribution is -2.13. The van der Waals surface area contributed by atoms with Crippen molar-refractivity contribution in [1.29, 1.82) is 0 Å². The fraction of sp³-hybridized carbons (Fsp3) is 0.190. The molecule has 3 aromatic rings. The first-order chi connectivity index (χ1) is 14.4. The first-order valence-corrected chi connectivity index (χ1v) is 8.92. The molecule has 2 aromatic carbocycles. The molecule has 1 N–H and O–H groups in total. The molecule has 1 heterocycles. The first kappa shape index (κ1) is 20.8. The molecule has 0 aliphatic heterocycles. The normalized spacial score (nSPS) is 10.5. The second-order valence-electron chi connectivity index (χ2n) is 6.07. The van der Waals surface area contributed by atoms with Crippen molar-refractivity contribution in [3.63, 3.8) is 0 Å². The predicted molar refractivity (Wildman–Crippen MR) is 105 cm³/mol. The van der Waals surface area contributed by atoms with Gasteiger partial charge in [-0.3, -0.25) is 5.32 Å². The van der Waals surface area contributed by atoms with E-state index in [0.717, 1.165) is 6.07 Å². The van der Waals surface area contributed by atoms with Crippen molar-refractivity contribution in [2.24, 2.45) is 0 Å². The number of methoxy groups -OCH3 is 1. The molecule has 0 unspecified atom stereocenters. The number of esters is 1. The molecule has 0 atom stereocenters. The highest BCUT2D eigenvalue weighted by atomic mass is 19.1. The summed E-state index contributed by atoms with van der Waals surface area (Å²) >= 11 is 0. The van der Waals surface area contributed by atoms with E-state index in [4.69, 9.17) is 18.6 Å². The van der Waals surface area contributed by atoms with E-state index in [0.29, 0.717) is 16.6 Å². The van der Waals surface area contributed by atoms with Gasteiger partial charge in [0.05, 0.1) is 19.3 Å². The van der Waals surface area contributed by atoms with E-state index >= 15 is 0 Å². The lowest BCUT2D eigenvalue weighted by atomic mass is 10.1. The molecule has 0 aliphatic rings. The zero-order valence-electron chi connectivity index (χ0n) is 16.2. The standard InChI is InChI=1S/C21H18FNO7/c1-3-28-21(26)23-14-5-6-15-13(9-19(24)30-18(15)10-14)11-29-20(25)12-4-7-17(27-2)16(22)8-12/h4-10H,3,11H2,1-2H3,(H,23,26). The van der Waals surface area contributed by atoms with Crippen molar-refractivity contribution in [1.82, 2.24) is 0 Å². The summed E-state index contributed by atoms with van der Waals surface area (Å²) in [5.41, 5.74) is 0.301. The van der Waals surface area contributed by atoms with Crippen molar-refractivity contribution in [2.45, 2.75) is 13.5 Å². The van der Waals surface area contributed by atoms with Gasteiger partial charge in [-0.2, -0.15) is 0 Å². The molecule has 3 rings (SSSR count). The summed E-state index contributed by atoms with van der Waals surface area (Å²) < 4.78 is 33.8. The molecule has 8 nitrogen and oxygen atoms in total. The Morgan fingerprint density at radius 2 is 1.90 bits per heavy atom. The predicted octanol–water partition coefficient (Wildman–Crippen LogP) is 3.87. The number of hydrogen-bond donors (Lipinski definition) is 1. The quantitative estimate of drug-likeness (QED) is 0.481. The van der Waals surface area contributed by atoms with Crippen LogP contribution in [0.2, 0.25) is 0 Å². The van der Waals surface area contributed by atoms with Crippen LogP contribution in [0.5, 0.6) is 5.75 Å². The molecule has 0 fully saturated rings. The largest absolute Gasteiger partial charge is 0.494 e. The molecule has 0 saturated heterocycles. The van der Waals surface area contributed by atoms with Crippen LogP contribution >= 0.6 is 0 Å². The summed E-state index contributed by atoms with van der Waals surface area (Å²) in [7, 11) is 1.32. The minimum Gasteiger partial charge on any atom is -0.494 e. The fourth-order valence-electron chi connectivity index (χ4n) is 2.73. The Morgan fingerprint density at radius 1 is 1.10 bits per heavy atom. The average Bonchev–Trinajstić information content (AvgIpc) is 2.71. The van der Waals surface area contributed by atoms with Gasteiger partial charge in [0.15, 0.2) is 11.6 Å². The number of hydrogen-bond acceptors (Lipinski definition) is 7. The molecule has 0 radical (unpaired) electrons. The van der Waals surface area contributed by atoms with Crippen molar-refractivity contribution < 1.29 is 32.6 Å². The van der Waals surface area contributed by atoms with E-state index in [1.165, 1.54) is 31.4 Å². The van der Waals surface area contributed by atoms with Crippen molar-refractivity contribution in [3.8, 4) is 5.75 Å². The minimum atomic E-state index is -0.765. The Labute approximate surface area is 170 Å². The SMILES string of the molecule is CCOC(=O)Nc1ccc2c(COC(=O)c3ccc(OC)c(F)c3)cc(=O)oc2c1. The van der Waals surface area contributed by atoms with Crippen LogP contribution in [0.3, 0.4) is 0 Å². The van der Waals surface area contributed by atoms with E-state index in [1.807, 2.05) is 0 Å². The number of fused-ring (bicyclic) bond motifs is 1. The van der Waals surface area contributed by atoms with Gasteiger partial charge in [-0.05, 0) is 37.3 Å².